The lowest BCUT2D eigenvalue weighted by Crippen LogP contribution is -2.39. The molecule has 0 N–H and O–H groups in total. The SMILES string of the molecule is CN(C)CCCC=O.COC1CC(C)(C)C(/C=C/C(C)=C/C=C/C(C)=C/C=C/C=C(C)/C=C/C=C(C)/C=C/C2=C(C)C(=O)C(OC(=O)CCCN(C)C)CC2(C)C)=C(C)C1=O. The van der Waals surface area contributed by atoms with Crippen LogP contribution in [0.1, 0.15) is 108 Å². The molecule has 2 rings (SSSR count). The first-order chi connectivity index (χ1) is 28.6. The fourth-order valence-corrected chi connectivity index (χ4v) is 7.10. The van der Waals surface area contributed by atoms with Gasteiger partial charge in [0.2, 0.25) is 0 Å². The van der Waals surface area contributed by atoms with Crippen molar-refractivity contribution in [3.05, 3.63) is 130 Å². The zero-order valence-corrected chi connectivity index (χ0v) is 40.3. The summed E-state index contributed by atoms with van der Waals surface area (Å²) in [5.74, 6) is -0.336. The van der Waals surface area contributed by atoms with Crippen LogP contribution in [-0.2, 0) is 28.7 Å². The quantitative estimate of drug-likeness (QED) is 0.0518. The zero-order valence-electron chi connectivity index (χ0n) is 40.3. The Labute approximate surface area is 370 Å². The Morgan fingerprint density at radius 3 is 1.46 bits per heavy atom. The molecule has 0 aromatic carbocycles. The van der Waals surface area contributed by atoms with E-state index in [0.717, 1.165) is 64.8 Å². The van der Waals surface area contributed by atoms with Crippen LogP contribution >= 0.6 is 0 Å². The van der Waals surface area contributed by atoms with Crippen LogP contribution in [0.25, 0.3) is 0 Å². The second kappa shape index (κ2) is 27.4. The van der Waals surface area contributed by atoms with E-state index < -0.39 is 6.10 Å². The molecule has 0 aromatic rings. The summed E-state index contributed by atoms with van der Waals surface area (Å²) in [5, 5.41) is 0. The molecule has 0 bridgehead atoms. The summed E-state index contributed by atoms with van der Waals surface area (Å²) in [7, 11) is 9.55. The zero-order chi connectivity index (χ0) is 46.3. The Hall–Kier alpha value is -4.50. The van der Waals surface area contributed by atoms with Gasteiger partial charge in [-0.25, -0.2) is 0 Å². The molecule has 0 aromatic heterocycles. The average molecular weight is 839 g/mol. The van der Waals surface area contributed by atoms with Crippen molar-refractivity contribution >= 4 is 23.8 Å². The van der Waals surface area contributed by atoms with E-state index >= 15 is 0 Å². The first-order valence-corrected chi connectivity index (χ1v) is 21.6. The third-order valence-corrected chi connectivity index (χ3v) is 10.7. The molecule has 0 spiro atoms. The van der Waals surface area contributed by atoms with Crippen molar-refractivity contribution in [2.75, 3.05) is 48.4 Å². The van der Waals surface area contributed by atoms with Crippen molar-refractivity contribution in [1.82, 2.24) is 9.80 Å². The van der Waals surface area contributed by atoms with E-state index in [1.165, 1.54) is 0 Å². The number of esters is 1. The summed E-state index contributed by atoms with van der Waals surface area (Å²) in [4.78, 5) is 52.0. The standard InChI is InChI=1S/C47H65NO5.C6H13NO/c1-33(21-16-23-35(3)26-28-39-37(5)44(50)41(52-13)31-46(39,7)8)19-14-15-20-34(2)22-17-24-36(4)27-29-40-38(6)45(51)42(32-47(40,9)10)53-43(49)25-18-30-48(11)12;1-7(2)5-3-4-6-8/h14-17,19-24,26-29,41-42H,18,25,30-32H2,1-13H3;6H,3-5H2,1-2H3/b15-14+,21-16+,22-17+,28-26+,29-27+,33-19+,34-20+,35-23+,36-24+;. The van der Waals surface area contributed by atoms with Gasteiger partial charge in [0.15, 0.2) is 17.7 Å². The van der Waals surface area contributed by atoms with Crippen molar-refractivity contribution in [3.8, 4) is 0 Å². The van der Waals surface area contributed by atoms with Crippen LogP contribution in [-0.4, -0.2) is 94.2 Å². The normalized spacial score (nSPS) is 20.7. The van der Waals surface area contributed by atoms with E-state index in [1.54, 1.807) is 7.11 Å². The lowest BCUT2D eigenvalue weighted by molar-refractivity contribution is -0.156. The van der Waals surface area contributed by atoms with Gasteiger partial charge in [-0.05, 0) is 135 Å². The Kier molecular flexibility index (Phi) is 24.5. The molecule has 0 amide bonds. The topological polar surface area (TPSA) is 93.2 Å². The van der Waals surface area contributed by atoms with Crippen molar-refractivity contribution < 1.29 is 28.7 Å². The molecule has 2 unspecified atom stereocenters. The van der Waals surface area contributed by atoms with Crippen molar-refractivity contribution in [2.24, 2.45) is 10.8 Å². The second-order valence-electron chi connectivity index (χ2n) is 18.1. The molecule has 2 aliphatic rings. The van der Waals surface area contributed by atoms with Crippen LogP contribution in [0.15, 0.2) is 130 Å². The van der Waals surface area contributed by atoms with E-state index in [4.69, 9.17) is 9.47 Å². The van der Waals surface area contributed by atoms with Crippen molar-refractivity contribution in [3.63, 3.8) is 0 Å². The molecule has 61 heavy (non-hydrogen) atoms. The minimum Gasteiger partial charge on any atom is -0.454 e. The largest absolute Gasteiger partial charge is 0.454 e. The van der Waals surface area contributed by atoms with E-state index in [1.807, 2.05) is 96.4 Å². The minimum atomic E-state index is -0.726. The number of nitrogens with zero attached hydrogens (tertiary/aromatic N) is 2. The van der Waals surface area contributed by atoms with E-state index in [9.17, 15) is 19.2 Å². The predicted octanol–water partition coefficient (Wildman–Crippen LogP) is 11.0. The number of carbonyl (C=O) groups is 4. The van der Waals surface area contributed by atoms with Gasteiger partial charge in [-0.15, -0.1) is 0 Å². The highest BCUT2D eigenvalue weighted by molar-refractivity contribution is 6.02. The lowest BCUT2D eigenvalue weighted by Gasteiger charge is -2.36. The van der Waals surface area contributed by atoms with Crippen molar-refractivity contribution in [1.29, 1.82) is 0 Å². The number of carbonyl (C=O) groups excluding carboxylic acids is 4. The average Bonchev–Trinajstić information content (AvgIpc) is 3.16. The maximum absolute atomic E-state index is 13.1. The number of rotatable bonds is 20. The number of ether oxygens (including phenoxy) is 2. The maximum Gasteiger partial charge on any atom is 0.306 e. The fraction of sp³-hybridized carbons (Fsp3) is 0.509. The number of hydrogen-bond donors (Lipinski definition) is 0. The first-order valence-electron chi connectivity index (χ1n) is 21.6. The fourth-order valence-electron chi connectivity index (χ4n) is 7.10. The summed E-state index contributed by atoms with van der Waals surface area (Å²) in [6.45, 7) is 22.3. The summed E-state index contributed by atoms with van der Waals surface area (Å²) >= 11 is 0. The molecule has 8 heteroatoms. The molecule has 336 valence electrons. The highest BCUT2D eigenvalue weighted by atomic mass is 16.5. The molecule has 0 saturated carbocycles. The number of unbranched alkanes of at least 4 members (excludes halogenated alkanes) is 1. The maximum atomic E-state index is 13.1. The van der Waals surface area contributed by atoms with Crippen molar-refractivity contribution in [2.45, 2.75) is 120 Å². The molecule has 0 aliphatic heterocycles. The monoisotopic (exact) mass is 839 g/mol. The van der Waals surface area contributed by atoms with Gasteiger partial charge < -0.3 is 24.1 Å². The van der Waals surface area contributed by atoms with Crippen LogP contribution in [0.3, 0.4) is 0 Å². The molecule has 0 fully saturated rings. The minimum absolute atomic E-state index is 0.0786. The van der Waals surface area contributed by atoms with Gasteiger partial charge >= 0.3 is 5.97 Å². The highest BCUT2D eigenvalue weighted by Crippen LogP contribution is 2.42. The number of allylic oxidation sites excluding steroid dienone is 20. The van der Waals surface area contributed by atoms with Gasteiger partial charge in [0.05, 0.1) is 0 Å². The van der Waals surface area contributed by atoms with Gasteiger partial charge in [0.25, 0.3) is 0 Å². The number of methoxy groups -OCH3 is 1. The van der Waals surface area contributed by atoms with Crippen LogP contribution in [0.5, 0.6) is 0 Å². The van der Waals surface area contributed by atoms with E-state index in [0.29, 0.717) is 37.7 Å². The molecule has 0 radical (unpaired) electrons. The van der Waals surface area contributed by atoms with Gasteiger partial charge in [0, 0.05) is 26.4 Å². The van der Waals surface area contributed by atoms with Crippen LogP contribution in [0.4, 0.5) is 0 Å². The summed E-state index contributed by atoms with van der Waals surface area (Å²) in [5.41, 5.74) is 7.48. The van der Waals surface area contributed by atoms with Crippen LogP contribution in [0.2, 0.25) is 0 Å². The van der Waals surface area contributed by atoms with Crippen LogP contribution < -0.4 is 0 Å². The number of hydrogen-bond acceptors (Lipinski definition) is 8. The predicted molar refractivity (Wildman–Crippen MR) is 255 cm³/mol. The third-order valence-electron chi connectivity index (χ3n) is 10.7. The number of Topliss-reactive ketones (excluding diaryl/α,β-unsaturated/α-hetero) is 2. The molecule has 0 heterocycles. The third kappa shape index (κ3) is 20.7. The van der Waals surface area contributed by atoms with Gasteiger partial charge in [0.1, 0.15) is 12.4 Å². The second-order valence-corrected chi connectivity index (χ2v) is 18.1. The molecule has 2 atom stereocenters. The Morgan fingerprint density at radius 2 is 1.03 bits per heavy atom. The molecular weight excluding hydrogens is 761 g/mol. The van der Waals surface area contributed by atoms with Gasteiger partial charge in [-0.3, -0.25) is 14.4 Å². The van der Waals surface area contributed by atoms with Gasteiger partial charge in [-0.1, -0.05) is 135 Å². The Balaban J connectivity index is 0.00000210. The van der Waals surface area contributed by atoms with E-state index in [-0.39, 0.29) is 34.5 Å². The highest BCUT2D eigenvalue weighted by Gasteiger charge is 2.40. The Bertz CT molecular complexity index is 1850. The lowest BCUT2D eigenvalue weighted by atomic mass is 9.71. The van der Waals surface area contributed by atoms with Crippen LogP contribution in [0, 0.1) is 10.8 Å². The number of aldehydes is 1. The smallest absolute Gasteiger partial charge is 0.306 e. The van der Waals surface area contributed by atoms with E-state index in [2.05, 4.69) is 95.9 Å². The molecule has 0 saturated heterocycles. The molecular formula is C53H78N2O6. The van der Waals surface area contributed by atoms with Gasteiger partial charge in [-0.2, -0.15) is 0 Å². The molecule has 2 aliphatic carbocycles. The summed E-state index contributed by atoms with van der Waals surface area (Å²) in [6, 6.07) is 0. The summed E-state index contributed by atoms with van der Waals surface area (Å²) in [6.07, 6.45) is 32.5. The first kappa shape index (κ1) is 54.5. The summed E-state index contributed by atoms with van der Waals surface area (Å²) < 4.78 is 11.0. The number of ketones is 2. The molecule has 8 nitrogen and oxygen atoms in total. The Morgan fingerprint density at radius 1 is 0.639 bits per heavy atom.